The highest BCUT2D eigenvalue weighted by molar-refractivity contribution is 7.80. The summed E-state index contributed by atoms with van der Waals surface area (Å²) >= 11 is 4.97. The van der Waals surface area contributed by atoms with Gasteiger partial charge in [0.15, 0.2) is 5.11 Å². The lowest BCUT2D eigenvalue weighted by molar-refractivity contribution is 0.204. The Kier molecular flexibility index (Phi) is 6.70. The zero-order valence-electron chi connectivity index (χ0n) is 7.64. The second kappa shape index (κ2) is 7.06. The number of hydrogen-bond donors (Lipinski definition) is 2. The van der Waals surface area contributed by atoms with Crippen LogP contribution < -0.4 is 10.6 Å². The zero-order valence-corrected chi connectivity index (χ0v) is 8.46. The van der Waals surface area contributed by atoms with E-state index in [1.165, 1.54) is 0 Å². The first-order valence-electron chi connectivity index (χ1n) is 3.82. The Morgan fingerprint density at radius 2 is 2.17 bits per heavy atom. The SMILES string of the molecule is C=C(C)CNC(=S)NCCOC. The van der Waals surface area contributed by atoms with E-state index in [1.807, 2.05) is 6.92 Å². The van der Waals surface area contributed by atoms with Crippen LogP contribution in [-0.4, -0.2) is 31.9 Å². The fourth-order valence-corrected chi connectivity index (χ4v) is 0.735. The van der Waals surface area contributed by atoms with Crippen molar-refractivity contribution in [2.75, 3.05) is 26.8 Å². The summed E-state index contributed by atoms with van der Waals surface area (Å²) in [6.07, 6.45) is 0. The van der Waals surface area contributed by atoms with Gasteiger partial charge in [-0.05, 0) is 19.1 Å². The Morgan fingerprint density at radius 3 is 2.67 bits per heavy atom. The van der Waals surface area contributed by atoms with Crippen molar-refractivity contribution < 1.29 is 4.74 Å². The van der Waals surface area contributed by atoms with Crippen molar-refractivity contribution in [2.45, 2.75) is 6.92 Å². The predicted octanol–water partition coefficient (Wildman–Crippen LogP) is 0.673. The molecule has 0 spiro atoms. The van der Waals surface area contributed by atoms with Crippen LogP contribution in [0.25, 0.3) is 0 Å². The van der Waals surface area contributed by atoms with E-state index in [4.69, 9.17) is 17.0 Å². The Balaban J connectivity index is 3.28. The molecule has 0 aliphatic rings. The van der Waals surface area contributed by atoms with E-state index in [-0.39, 0.29) is 0 Å². The molecule has 12 heavy (non-hydrogen) atoms. The molecule has 2 N–H and O–H groups in total. The first-order chi connectivity index (χ1) is 5.66. The second-order valence-corrected chi connectivity index (χ2v) is 2.97. The summed E-state index contributed by atoms with van der Waals surface area (Å²) in [4.78, 5) is 0. The quantitative estimate of drug-likeness (QED) is 0.377. The summed E-state index contributed by atoms with van der Waals surface area (Å²) in [6, 6.07) is 0. The molecule has 0 bridgehead atoms. The standard InChI is InChI=1S/C8H16N2OS/c1-7(2)6-10-8(12)9-4-5-11-3/h1,4-6H2,2-3H3,(H2,9,10,12). The third-order valence-electron chi connectivity index (χ3n) is 1.14. The maximum Gasteiger partial charge on any atom is 0.166 e. The molecule has 0 aliphatic heterocycles. The molecule has 0 aromatic carbocycles. The molecule has 0 heterocycles. The van der Waals surface area contributed by atoms with Crippen molar-refractivity contribution in [3.05, 3.63) is 12.2 Å². The van der Waals surface area contributed by atoms with Crippen LogP contribution >= 0.6 is 12.2 Å². The van der Waals surface area contributed by atoms with Gasteiger partial charge in [0.25, 0.3) is 0 Å². The molecule has 4 heteroatoms. The van der Waals surface area contributed by atoms with Crippen molar-refractivity contribution in [3.63, 3.8) is 0 Å². The average Bonchev–Trinajstić information content (AvgIpc) is 2.01. The van der Waals surface area contributed by atoms with Gasteiger partial charge >= 0.3 is 0 Å². The van der Waals surface area contributed by atoms with Gasteiger partial charge in [-0.15, -0.1) is 0 Å². The second-order valence-electron chi connectivity index (χ2n) is 2.56. The summed E-state index contributed by atoms with van der Waals surface area (Å²) in [7, 11) is 1.66. The third kappa shape index (κ3) is 7.50. The monoisotopic (exact) mass is 188 g/mol. The van der Waals surface area contributed by atoms with Gasteiger partial charge in [-0.3, -0.25) is 0 Å². The van der Waals surface area contributed by atoms with Crippen LogP contribution in [0.4, 0.5) is 0 Å². The van der Waals surface area contributed by atoms with Crippen LogP contribution in [0.2, 0.25) is 0 Å². The Bertz CT molecular complexity index is 159. The molecule has 70 valence electrons. The van der Waals surface area contributed by atoms with Gasteiger partial charge < -0.3 is 15.4 Å². The van der Waals surface area contributed by atoms with Gasteiger partial charge in [-0.25, -0.2) is 0 Å². The van der Waals surface area contributed by atoms with Gasteiger partial charge in [-0.2, -0.15) is 0 Å². The Labute approximate surface area is 79.2 Å². The minimum Gasteiger partial charge on any atom is -0.383 e. The van der Waals surface area contributed by atoms with Crippen LogP contribution in [0.15, 0.2) is 12.2 Å². The lowest BCUT2D eigenvalue weighted by atomic mass is 10.3. The number of methoxy groups -OCH3 is 1. The number of rotatable bonds is 5. The lowest BCUT2D eigenvalue weighted by Crippen LogP contribution is -2.37. The Morgan fingerprint density at radius 1 is 1.50 bits per heavy atom. The number of nitrogens with one attached hydrogen (secondary N) is 2. The average molecular weight is 188 g/mol. The maximum absolute atomic E-state index is 4.97. The van der Waals surface area contributed by atoms with E-state index in [0.717, 1.165) is 18.7 Å². The van der Waals surface area contributed by atoms with Gasteiger partial charge in [-0.1, -0.05) is 12.2 Å². The molecule has 0 fully saturated rings. The highest BCUT2D eigenvalue weighted by Gasteiger charge is 1.92. The van der Waals surface area contributed by atoms with E-state index in [2.05, 4.69) is 17.2 Å². The summed E-state index contributed by atoms with van der Waals surface area (Å²) in [5.74, 6) is 0. The van der Waals surface area contributed by atoms with Crippen LogP contribution in [0.1, 0.15) is 6.92 Å². The van der Waals surface area contributed by atoms with Crippen molar-refractivity contribution in [2.24, 2.45) is 0 Å². The molecule has 0 aromatic heterocycles. The molecule has 0 rings (SSSR count). The molecule has 0 aromatic rings. The molecule has 0 saturated heterocycles. The number of thiocarbonyl (C=S) groups is 1. The topological polar surface area (TPSA) is 33.3 Å². The largest absolute Gasteiger partial charge is 0.383 e. The summed E-state index contributed by atoms with van der Waals surface area (Å²) in [5, 5.41) is 6.65. The van der Waals surface area contributed by atoms with Crippen LogP contribution in [0.3, 0.4) is 0 Å². The summed E-state index contributed by atoms with van der Waals surface area (Å²) in [6.45, 7) is 7.82. The van der Waals surface area contributed by atoms with Gasteiger partial charge in [0, 0.05) is 20.2 Å². The molecule has 0 atom stereocenters. The molecule has 3 nitrogen and oxygen atoms in total. The third-order valence-corrected chi connectivity index (χ3v) is 1.43. The molecule has 0 unspecified atom stereocenters. The highest BCUT2D eigenvalue weighted by Crippen LogP contribution is 1.80. The van der Waals surface area contributed by atoms with Crippen molar-refractivity contribution in [1.29, 1.82) is 0 Å². The zero-order chi connectivity index (χ0) is 9.40. The van der Waals surface area contributed by atoms with Gasteiger partial charge in [0.05, 0.1) is 6.61 Å². The van der Waals surface area contributed by atoms with Crippen LogP contribution in [0, 0.1) is 0 Å². The lowest BCUT2D eigenvalue weighted by Gasteiger charge is -2.09. The minimum absolute atomic E-state index is 0.648. The number of ether oxygens (including phenoxy) is 1. The van der Waals surface area contributed by atoms with E-state index < -0.39 is 0 Å². The number of hydrogen-bond acceptors (Lipinski definition) is 2. The summed E-state index contributed by atoms with van der Waals surface area (Å²) in [5.41, 5.74) is 1.06. The molecular formula is C8H16N2OS. The van der Waals surface area contributed by atoms with Gasteiger partial charge in [0.1, 0.15) is 0 Å². The van der Waals surface area contributed by atoms with Gasteiger partial charge in [0.2, 0.25) is 0 Å². The van der Waals surface area contributed by atoms with Crippen molar-refractivity contribution >= 4 is 17.3 Å². The molecule has 0 saturated carbocycles. The maximum atomic E-state index is 4.97. The van der Waals surface area contributed by atoms with E-state index in [0.29, 0.717) is 11.7 Å². The van der Waals surface area contributed by atoms with E-state index in [1.54, 1.807) is 7.11 Å². The van der Waals surface area contributed by atoms with Crippen LogP contribution in [-0.2, 0) is 4.74 Å². The highest BCUT2D eigenvalue weighted by atomic mass is 32.1. The van der Waals surface area contributed by atoms with E-state index >= 15 is 0 Å². The van der Waals surface area contributed by atoms with E-state index in [9.17, 15) is 0 Å². The normalized spacial score (nSPS) is 9.17. The fraction of sp³-hybridized carbons (Fsp3) is 0.625. The summed E-state index contributed by atoms with van der Waals surface area (Å²) < 4.78 is 4.85. The predicted molar refractivity (Wildman–Crippen MR) is 55.3 cm³/mol. The molecule has 0 radical (unpaired) electrons. The minimum atomic E-state index is 0.648. The first-order valence-corrected chi connectivity index (χ1v) is 4.22. The smallest absolute Gasteiger partial charge is 0.166 e. The van der Waals surface area contributed by atoms with Crippen molar-refractivity contribution in [1.82, 2.24) is 10.6 Å². The molecule has 0 amide bonds. The first kappa shape index (κ1) is 11.4. The fourth-order valence-electron chi connectivity index (χ4n) is 0.560. The van der Waals surface area contributed by atoms with Crippen molar-refractivity contribution in [3.8, 4) is 0 Å². The molecule has 0 aliphatic carbocycles. The Hall–Kier alpha value is -0.610. The molecular weight excluding hydrogens is 172 g/mol. The van der Waals surface area contributed by atoms with Crippen LogP contribution in [0.5, 0.6) is 0 Å².